The van der Waals surface area contributed by atoms with Gasteiger partial charge in [0.05, 0.1) is 12.6 Å². The third-order valence-corrected chi connectivity index (χ3v) is 5.07. The Balaban J connectivity index is 1.79. The second-order valence-electron chi connectivity index (χ2n) is 6.25. The van der Waals surface area contributed by atoms with E-state index in [1.165, 1.54) is 43.7 Å². The molecule has 0 amide bonds. The summed E-state index contributed by atoms with van der Waals surface area (Å²) in [7, 11) is 0. The number of fused-ring (bicyclic) bond motifs is 1. The van der Waals surface area contributed by atoms with E-state index >= 15 is 0 Å². The zero-order valence-corrected chi connectivity index (χ0v) is 12.6. The highest BCUT2D eigenvalue weighted by Crippen LogP contribution is 2.28. The van der Waals surface area contributed by atoms with Gasteiger partial charge in [-0.25, -0.2) is 4.98 Å². The standard InChI is InChI=1S/C16H27N3O/c1-2-18-9-4-3-6-13(18)10-16-17-11-14-7-5-8-15(12-20)19(14)16/h11,13,15,20H,2-10,12H2,1H3. The molecule has 2 unspecified atom stereocenters. The van der Waals surface area contributed by atoms with E-state index < -0.39 is 0 Å². The minimum absolute atomic E-state index is 0.249. The molecule has 112 valence electrons. The Kier molecular flexibility index (Phi) is 4.41. The monoisotopic (exact) mass is 277 g/mol. The van der Waals surface area contributed by atoms with Crippen LogP contribution in [0.1, 0.15) is 56.6 Å². The van der Waals surface area contributed by atoms with Crippen molar-refractivity contribution >= 4 is 0 Å². The van der Waals surface area contributed by atoms with Crippen LogP contribution in [0.5, 0.6) is 0 Å². The van der Waals surface area contributed by atoms with Crippen molar-refractivity contribution in [1.82, 2.24) is 14.5 Å². The van der Waals surface area contributed by atoms with Gasteiger partial charge in [-0.1, -0.05) is 13.3 Å². The average molecular weight is 277 g/mol. The Morgan fingerprint density at radius 2 is 2.10 bits per heavy atom. The van der Waals surface area contributed by atoms with Crippen molar-refractivity contribution in [2.45, 2.75) is 64.0 Å². The van der Waals surface area contributed by atoms with E-state index in [4.69, 9.17) is 0 Å². The van der Waals surface area contributed by atoms with Gasteiger partial charge in [0.1, 0.15) is 5.82 Å². The van der Waals surface area contributed by atoms with Gasteiger partial charge in [-0.2, -0.15) is 0 Å². The van der Waals surface area contributed by atoms with Crippen LogP contribution in [0.3, 0.4) is 0 Å². The van der Waals surface area contributed by atoms with Gasteiger partial charge in [-0.05, 0) is 45.2 Å². The molecule has 3 rings (SSSR count). The molecule has 20 heavy (non-hydrogen) atoms. The van der Waals surface area contributed by atoms with Crippen LogP contribution in [0, 0.1) is 0 Å². The number of rotatable bonds is 4. The molecule has 1 aromatic rings. The van der Waals surface area contributed by atoms with Gasteiger partial charge in [0, 0.05) is 24.4 Å². The quantitative estimate of drug-likeness (QED) is 0.917. The smallest absolute Gasteiger partial charge is 0.110 e. The molecular formula is C16H27N3O. The maximum Gasteiger partial charge on any atom is 0.110 e. The van der Waals surface area contributed by atoms with Crippen LogP contribution < -0.4 is 0 Å². The molecule has 2 aliphatic heterocycles. The topological polar surface area (TPSA) is 41.3 Å². The van der Waals surface area contributed by atoms with Crippen molar-refractivity contribution in [2.75, 3.05) is 19.7 Å². The fourth-order valence-corrected chi connectivity index (χ4v) is 3.96. The van der Waals surface area contributed by atoms with Gasteiger partial charge in [0.2, 0.25) is 0 Å². The summed E-state index contributed by atoms with van der Waals surface area (Å²) in [5.74, 6) is 1.20. The third kappa shape index (κ3) is 2.63. The Labute approximate surface area is 121 Å². The number of hydrogen-bond donors (Lipinski definition) is 1. The van der Waals surface area contributed by atoms with Crippen LogP contribution in [-0.4, -0.2) is 45.3 Å². The zero-order valence-electron chi connectivity index (χ0n) is 12.6. The molecule has 1 saturated heterocycles. The van der Waals surface area contributed by atoms with Crippen molar-refractivity contribution in [2.24, 2.45) is 0 Å². The second kappa shape index (κ2) is 6.27. The highest BCUT2D eigenvalue weighted by atomic mass is 16.3. The van der Waals surface area contributed by atoms with Gasteiger partial charge in [0.25, 0.3) is 0 Å². The van der Waals surface area contributed by atoms with Crippen molar-refractivity contribution < 1.29 is 5.11 Å². The first-order chi connectivity index (χ1) is 9.83. The lowest BCUT2D eigenvalue weighted by Crippen LogP contribution is -2.41. The molecule has 0 bridgehead atoms. The highest BCUT2D eigenvalue weighted by Gasteiger charge is 2.27. The van der Waals surface area contributed by atoms with Crippen LogP contribution in [-0.2, 0) is 12.8 Å². The Hall–Kier alpha value is -0.870. The molecule has 0 radical (unpaired) electrons. The molecule has 1 fully saturated rings. The minimum atomic E-state index is 0.249. The van der Waals surface area contributed by atoms with E-state index in [0.29, 0.717) is 6.04 Å². The first-order valence-corrected chi connectivity index (χ1v) is 8.23. The number of aliphatic hydroxyl groups is 1. The second-order valence-corrected chi connectivity index (χ2v) is 6.25. The minimum Gasteiger partial charge on any atom is -0.394 e. The van der Waals surface area contributed by atoms with Crippen LogP contribution >= 0.6 is 0 Å². The van der Waals surface area contributed by atoms with E-state index in [2.05, 4.69) is 21.4 Å². The van der Waals surface area contributed by atoms with E-state index in [0.717, 1.165) is 25.8 Å². The molecule has 0 saturated carbocycles. The van der Waals surface area contributed by atoms with Crippen LogP contribution in [0.4, 0.5) is 0 Å². The zero-order chi connectivity index (χ0) is 13.9. The maximum absolute atomic E-state index is 9.63. The molecule has 0 spiro atoms. The summed E-state index contributed by atoms with van der Waals surface area (Å²) in [6.07, 6.45) is 10.4. The van der Waals surface area contributed by atoms with E-state index in [-0.39, 0.29) is 12.6 Å². The van der Waals surface area contributed by atoms with Crippen LogP contribution in [0.15, 0.2) is 6.20 Å². The van der Waals surface area contributed by atoms with Crippen molar-refractivity contribution in [3.8, 4) is 0 Å². The molecule has 4 heteroatoms. The molecule has 1 N–H and O–H groups in total. The van der Waals surface area contributed by atoms with Gasteiger partial charge in [-0.15, -0.1) is 0 Å². The molecule has 2 aliphatic rings. The summed E-state index contributed by atoms with van der Waals surface area (Å²) in [6.45, 7) is 4.88. The Bertz CT molecular complexity index is 443. The summed E-state index contributed by atoms with van der Waals surface area (Å²) in [4.78, 5) is 7.28. The first kappa shape index (κ1) is 14.1. The number of imidazole rings is 1. The molecule has 1 aromatic heterocycles. The lowest BCUT2D eigenvalue weighted by atomic mass is 9.98. The molecular weight excluding hydrogens is 250 g/mol. The molecule has 0 aromatic carbocycles. The summed E-state index contributed by atoms with van der Waals surface area (Å²) < 4.78 is 2.34. The van der Waals surface area contributed by atoms with Gasteiger partial charge in [-0.3, -0.25) is 0 Å². The SMILES string of the molecule is CCN1CCCCC1Cc1ncc2n1C(CO)CCC2. The van der Waals surface area contributed by atoms with Crippen LogP contribution in [0.2, 0.25) is 0 Å². The Morgan fingerprint density at radius 3 is 2.90 bits per heavy atom. The van der Waals surface area contributed by atoms with Crippen molar-refractivity contribution in [3.63, 3.8) is 0 Å². The Morgan fingerprint density at radius 1 is 1.25 bits per heavy atom. The van der Waals surface area contributed by atoms with Gasteiger partial charge >= 0.3 is 0 Å². The predicted molar refractivity (Wildman–Crippen MR) is 79.9 cm³/mol. The summed E-state index contributed by atoms with van der Waals surface area (Å²) in [5, 5.41) is 9.63. The maximum atomic E-state index is 9.63. The number of aromatic nitrogens is 2. The molecule has 3 heterocycles. The van der Waals surface area contributed by atoms with E-state index in [1.807, 2.05) is 6.20 Å². The number of nitrogens with zero attached hydrogens (tertiary/aromatic N) is 3. The van der Waals surface area contributed by atoms with Gasteiger partial charge in [0.15, 0.2) is 0 Å². The fourth-order valence-electron chi connectivity index (χ4n) is 3.96. The number of piperidine rings is 1. The van der Waals surface area contributed by atoms with E-state index in [9.17, 15) is 5.11 Å². The third-order valence-electron chi connectivity index (χ3n) is 5.07. The number of aliphatic hydroxyl groups excluding tert-OH is 1. The largest absolute Gasteiger partial charge is 0.394 e. The number of aryl methyl sites for hydroxylation is 1. The fraction of sp³-hybridized carbons (Fsp3) is 0.812. The van der Waals surface area contributed by atoms with E-state index in [1.54, 1.807) is 0 Å². The van der Waals surface area contributed by atoms with Gasteiger partial charge < -0.3 is 14.6 Å². The number of likely N-dealkylation sites (N-methyl/N-ethyl adjacent to an activating group) is 1. The summed E-state index contributed by atoms with van der Waals surface area (Å²) in [6, 6.07) is 0.899. The predicted octanol–water partition coefficient (Wildman–Crippen LogP) is 2.17. The normalized spacial score (nSPS) is 27.5. The lowest BCUT2D eigenvalue weighted by Gasteiger charge is -2.35. The number of hydrogen-bond acceptors (Lipinski definition) is 3. The van der Waals surface area contributed by atoms with Crippen molar-refractivity contribution in [1.29, 1.82) is 0 Å². The lowest BCUT2D eigenvalue weighted by molar-refractivity contribution is 0.149. The first-order valence-electron chi connectivity index (χ1n) is 8.23. The number of likely N-dealkylation sites (tertiary alicyclic amines) is 1. The molecule has 4 nitrogen and oxygen atoms in total. The molecule has 2 atom stereocenters. The van der Waals surface area contributed by atoms with Crippen LogP contribution in [0.25, 0.3) is 0 Å². The van der Waals surface area contributed by atoms with Crippen molar-refractivity contribution in [3.05, 3.63) is 17.7 Å². The summed E-state index contributed by atoms with van der Waals surface area (Å²) >= 11 is 0. The average Bonchev–Trinajstić information content (AvgIpc) is 2.91. The summed E-state index contributed by atoms with van der Waals surface area (Å²) in [5.41, 5.74) is 1.32. The highest BCUT2D eigenvalue weighted by molar-refractivity contribution is 5.11. The molecule has 0 aliphatic carbocycles.